The van der Waals surface area contributed by atoms with Gasteiger partial charge in [-0.2, -0.15) is 0 Å². The van der Waals surface area contributed by atoms with Crippen LogP contribution in [0.1, 0.15) is 11.6 Å². The van der Waals surface area contributed by atoms with E-state index in [1.54, 1.807) is 0 Å². The van der Waals surface area contributed by atoms with Gasteiger partial charge >= 0.3 is 0 Å². The Balaban J connectivity index is 2.45. The molecule has 1 aliphatic rings. The number of benzene rings is 1. The molecule has 1 heterocycles. The highest BCUT2D eigenvalue weighted by Gasteiger charge is 2.26. The molecule has 2 rings (SSSR count). The van der Waals surface area contributed by atoms with Gasteiger partial charge in [-0.1, -0.05) is 15.9 Å². The first-order valence-corrected chi connectivity index (χ1v) is 4.83. The van der Waals surface area contributed by atoms with Crippen molar-refractivity contribution in [3.63, 3.8) is 0 Å². The molecule has 0 spiro atoms. The fraction of sp³-hybridized carbons (Fsp3) is 0.333. The lowest BCUT2D eigenvalue weighted by Gasteiger charge is -2.27. The van der Waals surface area contributed by atoms with Crippen LogP contribution < -0.4 is 10.5 Å². The summed E-state index contributed by atoms with van der Waals surface area (Å²) in [5.74, 6) is 0.765. The maximum absolute atomic E-state index is 9.45. The molecule has 0 radical (unpaired) electrons. The van der Waals surface area contributed by atoms with Gasteiger partial charge in [0.05, 0.1) is 6.04 Å². The molecule has 0 saturated heterocycles. The second-order valence-corrected chi connectivity index (χ2v) is 4.00. The lowest BCUT2D eigenvalue weighted by Crippen LogP contribution is -2.35. The quantitative estimate of drug-likeness (QED) is 0.721. The molecule has 3 nitrogen and oxygen atoms in total. The predicted octanol–water partition coefficient (Wildman–Crippen LogP) is 1.20. The van der Waals surface area contributed by atoms with Crippen LogP contribution in [0.3, 0.4) is 0 Å². The third-order valence-corrected chi connectivity index (χ3v) is 2.65. The van der Waals surface area contributed by atoms with E-state index in [4.69, 9.17) is 10.5 Å². The summed E-state index contributed by atoms with van der Waals surface area (Å²) in [5, 5.41) is 9.45. The lowest BCUT2D eigenvalue weighted by atomic mass is 9.99. The van der Waals surface area contributed by atoms with Gasteiger partial charge in [0.15, 0.2) is 0 Å². The fourth-order valence-corrected chi connectivity index (χ4v) is 1.78. The van der Waals surface area contributed by atoms with Crippen LogP contribution in [-0.4, -0.2) is 17.8 Å². The number of hydrogen-bond donors (Lipinski definition) is 2. The molecule has 70 valence electrons. The van der Waals surface area contributed by atoms with Crippen LogP contribution in [0.15, 0.2) is 22.7 Å². The summed E-state index contributed by atoms with van der Waals surface area (Å²) in [6.07, 6.45) is -0.609. The van der Waals surface area contributed by atoms with Crippen molar-refractivity contribution in [3.8, 4) is 5.75 Å². The maximum atomic E-state index is 9.45. The summed E-state index contributed by atoms with van der Waals surface area (Å²) in [6.45, 7) is 0.274. The lowest BCUT2D eigenvalue weighted by molar-refractivity contribution is 0.0678. The number of ether oxygens (including phenoxy) is 1. The zero-order valence-electron chi connectivity index (χ0n) is 6.90. The van der Waals surface area contributed by atoms with Crippen LogP contribution >= 0.6 is 15.9 Å². The first kappa shape index (κ1) is 8.99. The molecule has 0 amide bonds. The molecule has 0 unspecified atom stereocenters. The first-order chi connectivity index (χ1) is 6.18. The van der Waals surface area contributed by atoms with Crippen molar-refractivity contribution in [2.24, 2.45) is 5.73 Å². The van der Waals surface area contributed by atoms with Crippen LogP contribution in [0.2, 0.25) is 0 Å². The van der Waals surface area contributed by atoms with Crippen molar-refractivity contribution in [3.05, 3.63) is 28.2 Å². The van der Waals surface area contributed by atoms with Gasteiger partial charge in [0.2, 0.25) is 0 Å². The van der Waals surface area contributed by atoms with Crippen molar-refractivity contribution in [2.75, 3.05) is 6.61 Å². The van der Waals surface area contributed by atoms with Crippen molar-refractivity contribution >= 4 is 15.9 Å². The number of aliphatic hydroxyl groups excluding tert-OH is 1. The van der Waals surface area contributed by atoms with Crippen molar-refractivity contribution in [1.29, 1.82) is 0 Å². The smallest absolute Gasteiger partial charge is 0.124 e. The summed E-state index contributed by atoms with van der Waals surface area (Å²) < 4.78 is 6.25. The monoisotopic (exact) mass is 243 g/mol. The largest absolute Gasteiger partial charge is 0.490 e. The number of fused-ring (bicyclic) bond motifs is 1. The molecule has 1 aliphatic heterocycles. The molecule has 0 saturated carbocycles. The SMILES string of the molecule is N[C@@H]1c2cc(Br)ccc2OC[C@@H]1O. The van der Waals surface area contributed by atoms with Gasteiger partial charge in [-0.3, -0.25) is 0 Å². The second-order valence-electron chi connectivity index (χ2n) is 3.09. The summed E-state index contributed by atoms with van der Waals surface area (Å²) in [7, 11) is 0. The molecular weight excluding hydrogens is 234 g/mol. The Labute approximate surface area is 84.6 Å². The molecule has 0 aromatic heterocycles. The molecule has 2 atom stereocenters. The summed E-state index contributed by atoms with van der Waals surface area (Å²) in [6, 6.07) is 5.28. The van der Waals surface area contributed by atoms with Crippen molar-refractivity contribution < 1.29 is 9.84 Å². The minimum atomic E-state index is -0.609. The topological polar surface area (TPSA) is 55.5 Å². The Hall–Kier alpha value is -0.580. The summed E-state index contributed by atoms with van der Waals surface area (Å²) in [5.41, 5.74) is 6.66. The first-order valence-electron chi connectivity index (χ1n) is 4.04. The Morgan fingerprint density at radius 1 is 1.54 bits per heavy atom. The highest BCUT2D eigenvalue weighted by molar-refractivity contribution is 9.10. The maximum Gasteiger partial charge on any atom is 0.124 e. The minimum absolute atomic E-state index is 0.274. The average Bonchev–Trinajstić information content (AvgIpc) is 2.12. The molecule has 1 aromatic carbocycles. The van der Waals surface area contributed by atoms with Gasteiger partial charge < -0.3 is 15.6 Å². The van der Waals surface area contributed by atoms with Crippen LogP contribution in [0.25, 0.3) is 0 Å². The molecule has 4 heteroatoms. The van der Waals surface area contributed by atoms with E-state index in [1.165, 1.54) is 0 Å². The van der Waals surface area contributed by atoms with Crippen molar-refractivity contribution in [1.82, 2.24) is 0 Å². The number of halogens is 1. The number of aliphatic hydroxyl groups is 1. The van der Waals surface area contributed by atoms with Gasteiger partial charge in [0, 0.05) is 10.0 Å². The van der Waals surface area contributed by atoms with Gasteiger partial charge in [0.25, 0.3) is 0 Å². The third-order valence-electron chi connectivity index (χ3n) is 2.16. The normalized spacial score (nSPS) is 26.4. The van der Waals surface area contributed by atoms with E-state index >= 15 is 0 Å². The Morgan fingerprint density at radius 2 is 2.31 bits per heavy atom. The molecule has 3 N–H and O–H groups in total. The highest BCUT2D eigenvalue weighted by Crippen LogP contribution is 2.32. The van der Waals surface area contributed by atoms with Gasteiger partial charge in [-0.25, -0.2) is 0 Å². The van der Waals surface area contributed by atoms with E-state index in [2.05, 4.69) is 15.9 Å². The van der Waals surface area contributed by atoms with E-state index in [-0.39, 0.29) is 12.6 Å². The third kappa shape index (κ3) is 1.57. The van der Waals surface area contributed by atoms with Crippen LogP contribution in [-0.2, 0) is 0 Å². The van der Waals surface area contributed by atoms with Crippen molar-refractivity contribution in [2.45, 2.75) is 12.1 Å². The predicted molar refractivity (Wildman–Crippen MR) is 52.6 cm³/mol. The van der Waals surface area contributed by atoms with E-state index in [1.807, 2.05) is 18.2 Å². The van der Waals surface area contributed by atoms with E-state index in [0.29, 0.717) is 0 Å². The summed E-state index contributed by atoms with van der Waals surface area (Å²) in [4.78, 5) is 0. The Kier molecular flexibility index (Phi) is 2.27. The zero-order valence-corrected chi connectivity index (χ0v) is 8.49. The van der Waals surface area contributed by atoms with Crippen LogP contribution in [0.4, 0.5) is 0 Å². The average molecular weight is 244 g/mol. The fourth-order valence-electron chi connectivity index (χ4n) is 1.40. The number of nitrogens with two attached hydrogens (primary N) is 1. The van der Waals surface area contributed by atoms with E-state index in [9.17, 15) is 5.11 Å². The number of hydrogen-bond acceptors (Lipinski definition) is 3. The Bertz CT molecular complexity index is 329. The van der Waals surface area contributed by atoms with Crippen LogP contribution in [0.5, 0.6) is 5.75 Å². The molecule has 0 bridgehead atoms. The second kappa shape index (κ2) is 3.29. The zero-order chi connectivity index (χ0) is 9.42. The van der Waals surface area contributed by atoms with Crippen LogP contribution in [0, 0.1) is 0 Å². The molecule has 13 heavy (non-hydrogen) atoms. The van der Waals surface area contributed by atoms with E-state index in [0.717, 1.165) is 15.8 Å². The minimum Gasteiger partial charge on any atom is -0.490 e. The highest BCUT2D eigenvalue weighted by atomic mass is 79.9. The standard InChI is InChI=1S/C9H10BrNO2/c10-5-1-2-8-6(3-5)9(11)7(12)4-13-8/h1-3,7,9,12H,4,11H2/t7-,9+/m0/s1. The molecular formula is C9H10BrNO2. The van der Waals surface area contributed by atoms with Gasteiger partial charge in [-0.05, 0) is 18.2 Å². The summed E-state index contributed by atoms with van der Waals surface area (Å²) >= 11 is 3.35. The molecule has 0 aliphatic carbocycles. The number of rotatable bonds is 0. The van der Waals surface area contributed by atoms with Gasteiger partial charge in [0.1, 0.15) is 18.5 Å². The molecule has 0 fully saturated rings. The van der Waals surface area contributed by atoms with Gasteiger partial charge in [-0.15, -0.1) is 0 Å². The molecule has 1 aromatic rings. The Morgan fingerprint density at radius 3 is 3.08 bits per heavy atom. The van der Waals surface area contributed by atoms with E-state index < -0.39 is 6.10 Å².